The van der Waals surface area contributed by atoms with Crippen LogP contribution in [0.2, 0.25) is 0 Å². The van der Waals surface area contributed by atoms with Crippen molar-refractivity contribution in [3.63, 3.8) is 0 Å². The normalized spacial score (nSPS) is 11.8. The van der Waals surface area contributed by atoms with Gasteiger partial charge in [0.1, 0.15) is 11.5 Å². The molecule has 0 atom stereocenters. The first-order valence-corrected chi connectivity index (χ1v) is 9.56. The minimum Gasteiger partial charge on any atom is -0.507 e. The minimum absolute atomic E-state index is 0.0979. The van der Waals surface area contributed by atoms with Crippen LogP contribution in [-0.4, -0.2) is 39.9 Å². The lowest BCUT2D eigenvalue weighted by molar-refractivity contribution is 0.403. The first-order chi connectivity index (χ1) is 10.4. The third kappa shape index (κ3) is 6.40. The number of fused-ring (bicyclic) bond motifs is 1. The molecule has 0 amide bonds. The average molecular weight is 363 g/mol. The summed E-state index contributed by atoms with van der Waals surface area (Å²) in [6, 6.07) is 7.91. The number of benzene rings is 2. The summed E-state index contributed by atoms with van der Waals surface area (Å²) in [6.45, 7) is 0. The summed E-state index contributed by atoms with van der Waals surface area (Å²) >= 11 is 0. The van der Waals surface area contributed by atoms with Crippen molar-refractivity contribution < 1.29 is 30.7 Å². The molecule has 128 valence electrons. The summed E-state index contributed by atoms with van der Waals surface area (Å²) in [4.78, 5) is 0. The molecule has 4 N–H and O–H groups in total. The first kappa shape index (κ1) is 19.2. The Labute approximate surface area is 134 Å². The Morgan fingerprint density at radius 1 is 1.17 bits per heavy atom. The van der Waals surface area contributed by atoms with Crippen LogP contribution in [0.3, 0.4) is 0 Å². The van der Waals surface area contributed by atoms with Crippen LogP contribution in [0.5, 0.6) is 5.75 Å². The molecule has 0 fully saturated rings. The van der Waals surface area contributed by atoms with Crippen LogP contribution < -0.4 is 5.73 Å². The van der Waals surface area contributed by atoms with Crippen molar-refractivity contribution in [3.05, 3.63) is 35.9 Å². The van der Waals surface area contributed by atoms with Gasteiger partial charge in [0.2, 0.25) is 0 Å². The second-order valence-electron chi connectivity index (χ2n) is 4.66. The van der Waals surface area contributed by atoms with E-state index >= 15 is 0 Å². The largest absolute Gasteiger partial charge is 0.507 e. The Bertz CT molecular complexity index is 905. The van der Waals surface area contributed by atoms with Gasteiger partial charge in [-0.05, 0) is 29.1 Å². The highest BCUT2D eigenvalue weighted by Crippen LogP contribution is 2.31. The van der Waals surface area contributed by atoms with E-state index in [-0.39, 0.29) is 5.75 Å². The van der Waals surface area contributed by atoms with Crippen molar-refractivity contribution in [2.45, 2.75) is 5.75 Å². The fourth-order valence-electron chi connectivity index (χ4n) is 1.79. The Kier molecular flexibility index (Phi) is 5.94. The molecule has 0 saturated carbocycles. The van der Waals surface area contributed by atoms with Gasteiger partial charge in [0.05, 0.1) is 13.4 Å². The average Bonchev–Trinajstić information content (AvgIpc) is 2.36. The lowest BCUT2D eigenvalue weighted by Crippen LogP contribution is -2.01. The van der Waals surface area contributed by atoms with E-state index < -0.39 is 26.0 Å². The quantitative estimate of drug-likeness (QED) is 0.418. The molecule has 0 unspecified atom stereocenters. The van der Waals surface area contributed by atoms with E-state index in [0.29, 0.717) is 22.0 Å². The van der Waals surface area contributed by atoms with Gasteiger partial charge in [0, 0.05) is 11.1 Å². The van der Waals surface area contributed by atoms with Gasteiger partial charge in [-0.25, -0.2) is 0 Å². The molecule has 0 aliphatic carbocycles. The van der Waals surface area contributed by atoms with Crippen molar-refractivity contribution in [1.29, 1.82) is 0 Å². The highest BCUT2D eigenvalue weighted by Gasteiger charge is 2.11. The molecule has 2 rings (SSSR count). The summed E-state index contributed by atoms with van der Waals surface area (Å²) in [7, 11) is -6.16. The Balaban J connectivity index is 0.000000379. The van der Waals surface area contributed by atoms with Crippen LogP contribution >= 0.6 is 0 Å². The maximum absolute atomic E-state index is 10.8. The van der Waals surface area contributed by atoms with Gasteiger partial charge in [-0.1, -0.05) is 12.1 Å². The molecule has 0 heterocycles. The fraction of sp³-hybridized carbons (Fsp3) is 0.231. The lowest BCUT2D eigenvalue weighted by atomic mass is 10.1. The molecule has 8 nitrogen and oxygen atoms in total. The molecular formula is C13H17NO7S2. The summed E-state index contributed by atoms with van der Waals surface area (Å²) in [5.41, 5.74) is 6.43. The molecule has 0 saturated heterocycles. The van der Waals surface area contributed by atoms with Crippen LogP contribution in [0.4, 0.5) is 5.69 Å². The number of hydrogen-bond donors (Lipinski definition) is 3. The predicted molar refractivity (Wildman–Crippen MR) is 87.1 cm³/mol. The minimum atomic E-state index is -4.12. The van der Waals surface area contributed by atoms with Crippen molar-refractivity contribution >= 4 is 36.7 Å². The molecule has 10 heteroatoms. The van der Waals surface area contributed by atoms with Crippen molar-refractivity contribution in [2.75, 3.05) is 19.1 Å². The number of nitrogen functional groups attached to an aromatic ring is 1. The predicted octanol–water partition coefficient (Wildman–Crippen LogP) is 1.11. The zero-order valence-electron chi connectivity index (χ0n) is 12.4. The topological polar surface area (TPSA) is 144 Å². The van der Waals surface area contributed by atoms with E-state index in [2.05, 4.69) is 4.18 Å². The summed E-state index contributed by atoms with van der Waals surface area (Å²) in [5.74, 6) is -0.634. The molecular weight excluding hydrogens is 346 g/mol. The third-order valence-corrected chi connectivity index (χ3v) is 4.00. The van der Waals surface area contributed by atoms with E-state index in [1.54, 1.807) is 24.3 Å². The van der Waals surface area contributed by atoms with Crippen LogP contribution in [0.15, 0.2) is 30.3 Å². The monoisotopic (exact) mass is 363 g/mol. The SMILES string of the molecule is COS(C)(=O)=O.Nc1cccc2cc(CS(=O)(=O)O)cc(O)c12. The molecule has 0 aromatic heterocycles. The molecule has 2 aromatic carbocycles. The van der Waals surface area contributed by atoms with Crippen molar-refractivity contribution in [2.24, 2.45) is 0 Å². The zero-order chi connectivity index (χ0) is 17.8. The van der Waals surface area contributed by atoms with Gasteiger partial charge in [0.15, 0.2) is 0 Å². The van der Waals surface area contributed by atoms with Gasteiger partial charge >= 0.3 is 0 Å². The molecule has 2 aromatic rings. The Hall–Kier alpha value is -1.88. The van der Waals surface area contributed by atoms with Crippen LogP contribution in [0.1, 0.15) is 5.56 Å². The van der Waals surface area contributed by atoms with Crippen LogP contribution in [0.25, 0.3) is 10.8 Å². The highest BCUT2D eigenvalue weighted by atomic mass is 32.2. The second kappa shape index (κ2) is 7.13. The third-order valence-electron chi connectivity index (χ3n) is 2.70. The van der Waals surface area contributed by atoms with Crippen molar-refractivity contribution in [1.82, 2.24) is 0 Å². The second-order valence-corrected chi connectivity index (χ2v) is 7.85. The summed E-state index contributed by atoms with van der Waals surface area (Å²) in [6.07, 6.45) is 0.993. The zero-order valence-corrected chi connectivity index (χ0v) is 14.1. The molecule has 23 heavy (non-hydrogen) atoms. The van der Waals surface area contributed by atoms with Crippen LogP contribution in [-0.2, 0) is 30.2 Å². The summed E-state index contributed by atoms with van der Waals surface area (Å²) in [5, 5.41) is 10.9. The van der Waals surface area contributed by atoms with E-state index in [9.17, 15) is 21.9 Å². The fourth-order valence-corrected chi connectivity index (χ4v) is 2.38. The lowest BCUT2D eigenvalue weighted by Gasteiger charge is -2.07. The van der Waals surface area contributed by atoms with Crippen molar-refractivity contribution in [3.8, 4) is 5.75 Å². The Morgan fingerprint density at radius 3 is 2.22 bits per heavy atom. The van der Waals surface area contributed by atoms with E-state index in [1.165, 1.54) is 6.07 Å². The van der Waals surface area contributed by atoms with E-state index in [1.807, 2.05) is 0 Å². The van der Waals surface area contributed by atoms with Gasteiger partial charge in [-0.3, -0.25) is 8.74 Å². The molecule has 0 bridgehead atoms. The molecule has 0 spiro atoms. The molecule has 0 aliphatic rings. The number of aromatic hydroxyl groups is 1. The smallest absolute Gasteiger partial charge is 0.269 e. The van der Waals surface area contributed by atoms with Gasteiger partial charge in [-0.15, -0.1) is 0 Å². The van der Waals surface area contributed by atoms with Gasteiger partial charge < -0.3 is 10.8 Å². The van der Waals surface area contributed by atoms with Crippen LogP contribution in [0, 0.1) is 0 Å². The van der Waals surface area contributed by atoms with E-state index in [0.717, 1.165) is 13.4 Å². The highest BCUT2D eigenvalue weighted by molar-refractivity contribution is 7.86. The molecule has 0 radical (unpaired) electrons. The van der Waals surface area contributed by atoms with Gasteiger partial charge in [-0.2, -0.15) is 16.8 Å². The number of anilines is 1. The maximum Gasteiger partial charge on any atom is 0.269 e. The van der Waals surface area contributed by atoms with Gasteiger partial charge in [0.25, 0.3) is 20.2 Å². The number of rotatable bonds is 3. The number of hydrogen-bond acceptors (Lipinski definition) is 7. The van der Waals surface area contributed by atoms with E-state index in [4.69, 9.17) is 10.3 Å². The maximum atomic E-state index is 10.8. The number of nitrogens with two attached hydrogens (primary N) is 1. The molecule has 0 aliphatic heterocycles. The standard InChI is InChI=1S/C11H11NO4S.C2H6O3S/c12-9-3-1-2-8-4-7(6-17(14,15)16)5-10(13)11(8)9;1-5-6(2,3)4/h1-5,13H,6,12H2,(H,14,15,16);1-2H3. The summed E-state index contributed by atoms with van der Waals surface area (Å²) < 4.78 is 53.7. The number of phenols is 1. The number of phenolic OH excluding ortho intramolecular Hbond substituents is 1. The Morgan fingerprint density at radius 2 is 1.74 bits per heavy atom. The first-order valence-electron chi connectivity index (χ1n) is 6.14.